The molecule has 5 rings (SSSR count). The Kier molecular flexibility index (Phi) is 10.5. The summed E-state index contributed by atoms with van der Waals surface area (Å²) in [6.45, 7) is 2.44. The minimum Gasteiger partial charge on any atom is -0.458 e. The van der Waals surface area contributed by atoms with Gasteiger partial charge in [0, 0.05) is 23.7 Å². The van der Waals surface area contributed by atoms with Crippen LogP contribution in [-0.2, 0) is 34.1 Å². The summed E-state index contributed by atoms with van der Waals surface area (Å²) in [6.07, 6.45) is -3.18. The van der Waals surface area contributed by atoms with Crippen LogP contribution in [0.3, 0.4) is 0 Å². The fourth-order valence-electron chi connectivity index (χ4n) is 5.57. The largest absolute Gasteiger partial charge is 0.458 e. The third-order valence-corrected chi connectivity index (χ3v) is 8.57. The maximum Gasteiger partial charge on any atom is 0.303 e. The third kappa shape index (κ3) is 7.38. The highest BCUT2D eigenvalue weighted by Gasteiger charge is 2.51. The number of azide groups is 1. The van der Waals surface area contributed by atoms with Crippen molar-refractivity contribution in [3.8, 4) is 0 Å². The Morgan fingerprint density at radius 2 is 1.20 bits per heavy atom. The van der Waals surface area contributed by atoms with Crippen LogP contribution in [0.2, 0.25) is 0 Å². The number of carbonyl (C=O) groups excluding carboxylic acids is 2. The lowest BCUT2D eigenvalue weighted by atomic mass is 9.80. The molecule has 0 aliphatic carbocycles. The summed E-state index contributed by atoms with van der Waals surface area (Å²) >= 11 is 1.32. The summed E-state index contributed by atoms with van der Waals surface area (Å²) < 4.78 is 25.1. The number of benzene rings is 4. The quantitative estimate of drug-likeness (QED) is 0.0577. The fraction of sp³-hybridized carbons (Fsp3) is 0.257. The predicted octanol–water partition coefficient (Wildman–Crippen LogP) is 7.05. The van der Waals surface area contributed by atoms with Crippen molar-refractivity contribution in [1.82, 2.24) is 0 Å². The van der Waals surface area contributed by atoms with Gasteiger partial charge in [0.15, 0.2) is 12.2 Å². The number of nitrogens with zero attached hydrogens (tertiary/aromatic N) is 3. The standard InChI is InChI=1S/C35H33N3O6S/c1-24(39)42-32-30(44-34(45-29-21-13-6-14-22-29)31(37-38-36)33(32)43-25(2)40)23-41-35(26-15-7-3-8-16-26,27-17-9-4-10-18-27)28-19-11-5-12-20-28/h3-22,30-34H,23H2,1-2H3/t30-,31-,32+,33-,34?/m1/s1. The van der Waals surface area contributed by atoms with Crippen LogP contribution in [0, 0.1) is 0 Å². The molecule has 1 saturated heterocycles. The van der Waals surface area contributed by atoms with Gasteiger partial charge in [-0.05, 0) is 34.4 Å². The van der Waals surface area contributed by atoms with Crippen molar-refractivity contribution in [2.45, 2.75) is 54.1 Å². The molecule has 0 spiro atoms. The molecule has 1 aliphatic heterocycles. The van der Waals surface area contributed by atoms with Crippen LogP contribution in [0.5, 0.6) is 0 Å². The molecule has 10 heteroatoms. The smallest absolute Gasteiger partial charge is 0.303 e. The van der Waals surface area contributed by atoms with Gasteiger partial charge in [-0.2, -0.15) is 0 Å². The highest BCUT2D eigenvalue weighted by atomic mass is 32.2. The summed E-state index contributed by atoms with van der Waals surface area (Å²) in [7, 11) is 0. The van der Waals surface area contributed by atoms with Gasteiger partial charge in [-0.25, -0.2) is 0 Å². The van der Waals surface area contributed by atoms with Crippen molar-refractivity contribution < 1.29 is 28.5 Å². The van der Waals surface area contributed by atoms with Gasteiger partial charge in [-0.1, -0.05) is 126 Å². The van der Waals surface area contributed by atoms with Gasteiger partial charge in [0.05, 0.1) is 6.61 Å². The average Bonchev–Trinajstić information content (AvgIpc) is 3.06. The van der Waals surface area contributed by atoms with Gasteiger partial charge in [0.1, 0.15) is 23.2 Å². The van der Waals surface area contributed by atoms with E-state index in [-0.39, 0.29) is 6.61 Å². The molecule has 4 aromatic carbocycles. The second kappa shape index (κ2) is 14.9. The Labute approximate surface area is 266 Å². The van der Waals surface area contributed by atoms with Crippen molar-refractivity contribution in [2.75, 3.05) is 6.61 Å². The Morgan fingerprint density at radius 3 is 1.64 bits per heavy atom. The van der Waals surface area contributed by atoms with Crippen LogP contribution in [0.1, 0.15) is 30.5 Å². The van der Waals surface area contributed by atoms with Gasteiger partial charge in [0.2, 0.25) is 0 Å². The molecule has 45 heavy (non-hydrogen) atoms. The van der Waals surface area contributed by atoms with Crippen LogP contribution < -0.4 is 0 Å². The molecule has 9 nitrogen and oxygen atoms in total. The van der Waals surface area contributed by atoms with Crippen molar-refractivity contribution in [2.24, 2.45) is 5.11 Å². The molecule has 1 unspecified atom stereocenters. The second-order valence-electron chi connectivity index (χ2n) is 10.4. The molecular formula is C35H33N3O6S. The van der Waals surface area contributed by atoms with E-state index >= 15 is 0 Å². The molecule has 0 amide bonds. The Bertz CT molecular complexity index is 1510. The van der Waals surface area contributed by atoms with Crippen molar-refractivity contribution >= 4 is 23.7 Å². The molecule has 1 fully saturated rings. The first-order valence-corrected chi connectivity index (χ1v) is 15.4. The van der Waals surface area contributed by atoms with Gasteiger partial charge >= 0.3 is 11.9 Å². The van der Waals surface area contributed by atoms with E-state index in [4.69, 9.17) is 18.9 Å². The zero-order chi connectivity index (χ0) is 31.6. The third-order valence-electron chi connectivity index (χ3n) is 7.40. The van der Waals surface area contributed by atoms with Crippen LogP contribution in [0.25, 0.3) is 10.4 Å². The Balaban J connectivity index is 1.61. The SMILES string of the molecule is CC(=O)O[C@@H]1[C@H](OC(C)=O)[C@@H](N=[N+]=[N-])C(Sc2ccccc2)O[C@@H]1COC(c1ccccc1)(c1ccccc1)c1ccccc1. The van der Waals surface area contributed by atoms with Gasteiger partial charge in [-0.15, -0.1) is 0 Å². The topological polar surface area (TPSA) is 120 Å². The molecular weight excluding hydrogens is 590 g/mol. The number of hydrogen-bond acceptors (Lipinski definition) is 8. The number of esters is 2. The van der Waals surface area contributed by atoms with E-state index in [1.165, 1.54) is 25.6 Å². The number of hydrogen-bond donors (Lipinski definition) is 0. The monoisotopic (exact) mass is 623 g/mol. The number of ether oxygens (including phenoxy) is 4. The molecule has 230 valence electrons. The summed E-state index contributed by atoms with van der Waals surface area (Å²) in [5, 5.41) is 3.96. The van der Waals surface area contributed by atoms with E-state index in [1.807, 2.05) is 121 Å². The summed E-state index contributed by atoms with van der Waals surface area (Å²) in [6, 6.07) is 38.0. The normalized spacial score (nSPS) is 21.2. The molecule has 4 aromatic rings. The summed E-state index contributed by atoms with van der Waals surface area (Å²) in [5.41, 5.74) is 10.2. The summed E-state index contributed by atoms with van der Waals surface area (Å²) in [4.78, 5) is 28.7. The Hall–Kier alpha value is -4.60. The van der Waals surface area contributed by atoms with E-state index < -0.39 is 47.3 Å². The van der Waals surface area contributed by atoms with Crippen molar-refractivity contribution in [3.05, 3.63) is 148 Å². The average molecular weight is 624 g/mol. The van der Waals surface area contributed by atoms with E-state index in [9.17, 15) is 15.1 Å². The lowest BCUT2D eigenvalue weighted by Gasteiger charge is -2.45. The lowest BCUT2D eigenvalue weighted by Crippen LogP contribution is -2.60. The highest BCUT2D eigenvalue weighted by Crippen LogP contribution is 2.43. The first-order chi connectivity index (χ1) is 21.9. The van der Waals surface area contributed by atoms with Gasteiger partial charge in [-0.3, -0.25) is 9.59 Å². The predicted molar refractivity (Wildman–Crippen MR) is 170 cm³/mol. The zero-order valence-electron chi connectivity index (χ0n) is 24.8. The first kappa shape index (κ1) is 31.8. The molecule has 1 aliphatic rings. The van der Waals surface area contributed by atoms with Gasteiger partial charge < -0.3 is 18.9 Å². The van der Waals surface area contributed by atoms with Gasteiger partial charge in [0.25, 0.3) is 0 Å². The van der Waals surface area contributed by atoms with E-state index in [1.54, 1.807) is 0 Å². The molecule has 0 N–H and O–H groups in total. The molecule has 0 aromatic heterocycles. The van der Waals surface area contributed by atoms with Crippen LogP contribution >= 0.6 is 11.8 Å². The van der Waals surface area contributed by atoms with Crippen LogP contribution in [0.15, 0.2) is 131 Å². The second-order valence-corrected chi connectivity index (χ2v) is 11.6. The Morgan fingerprint density at radius 1 is 0.756 bits per heavy atom. The maximum absolute atomic E-state index is 12.4. The van der Waals surface area contributed by atoms with Crippen LogP contribution in [-0.4, -0.2) is 48.3 Å². The molecule has 0 saturated carbocycles. The number of carbonyl (C=O) groups is 2. The number of rotatable bonds is 11. The van der Waals surface area contributed by atoms with Crippen molar-refractivity contribution in [3.63, 3.8) is 0 Å². The van der Waals surface area contributed by atoms with E-state index in [0.29, 0.717) is 0 Å². The first-order valence-electron chi connectivity index (χ1n) is 14.5. The highest BCUT2D eigenvalue weighted by molar-refractivity contribution is 7.99. The minimum atomic E-state index is -1.13. The fourth-order valence-corrected chi connectivity index (χ4v) is 6.70. The van der Waals surface area contributed by atoms with E-state index in [2.05, 4.69) is 10.0 Å². The van der Waals surface area contributed by atoms with Crippen LogP contribution in [0.4, 0.5) is 0 Å². The molecule has 1 heterocycles. The minimum absolute atomic E-state index is 0.0801. The van der Waals surface area contributed by atoms with E-state index in [0.717, 1.165) is 21.6 Å². The maximum atomic E-state index is 12.4. The lowest BCUT2D eigenvalue weighted by molar-refractivity contribution is -0.213. The molecule has 5 atom stereocenters. The number of thioether (sulfide) groups is 1. The molecule has 0 radical (unpaired) electrons. The van der Waals surface area contributed by atoms with Crippen molar-refractivity contribution in [1.29, 1.82) is 0 Å². The summed E-state index contributed by atoms with van der Waals surface area (Å²) in [5.74, 6) is -1.23. The zero-order valence-corrected chi connectivity index (χ0v) is 25.7. The molecule has 0 bridgehead atoms.